The van der Waals surface area contributed by atoms with Crippen LogP contribution in [0.15, 0.2) is 24.4 Å². The van der Waals surface area contributed by atoms with Gasteiger partial charge < -0.3 is 15.0 Å². The largest absolute Gasteiger partial charge is 0.461 e. The molecule has 12 heteroatoms. The lowest BCUT2D eigenvalue weighted by Crippen LogP contribution is -2.42. The second kappa shape index (κ2) is 10.9. The quantitative estimate of drug-likeness (QED) is 0.440. The number of halogens is 1. The van der Waals surface area contributed by atoms with Crippen molar-refractivity contribution >= 4 is 23.5 Å². The van der Waals surface area contributed by atoms with Crippen molar-refractivity contribution in [3.8, 4) is 6.07 Å². The van der Waals surface area contributed by atoms with Crippen LogP contribution in [0.3, 0.4) is 0 Å². The van der Waals surface area contributed by atoms with Crippen LogP contribution in [-0.4, -0.2) is 61.2 Å². The zero-order chi connectivity index (χ0) is 25.8. The van der Waals surface area contributed by atoms with Crippen LogP contribution in [0.1, 0.15) is 70.2 Å². The number of carbonyl (C=O) groups is 2. The van der Waals surface area contributed by atoms with Crippen molar-refractivity contribution in [3.63, 3.8) is 0 Å². The van der Waals surface area contributed by atoms with Gasteiger partial charge >= 0.3 is 5.97 Å². The highest BCUT2D eigenvalue weighted by Gasteiger charge is 2.35. The van der Waals surface area contributed by atoms with Crippen molar-refractivity contribution in [1.29, 1.82) is 5.26 Å². The lowest BCUT2D eigenvalue weighted by Gasteiger charge is -2.33. The number of hydrogen-bond acceptors (Lipinski definition) is 8. The first-order chi connectivity index (χ1) is 17.3. The number of aromatic nitrogens is 5. The topological polar surface area (TPSA) is 142 Å². The summed E-state index contributed by atoms with van der Waals surface area (Å²) in [6.45, 7) is 7.04. The minimum Gasteiger partial charge on any atom is -0.461 e. The Morgan fingerprint density at radius 1 is 1.42 bits per heavy atom. The van der Waals surface area contributed by atoms with E-state index in [9.17, 15) is 14.9 Å². The first kappa shape index (κ1) is 25.3. The maximum Gasteiger partial charge on any atom is 0.356 e. The molecule has 4 rings (SSSR count). The van der Waals surface area contributed by atoms with Gasteiger partial charge in [0.05, 0.1) is 47.7 Å². The molecule has 0 radical (unpaired) electrons. The molecule has 3 aromatic rings. The van der Waals surface area contributed by atoms with E-state index in [0.717, 1.165) is 11.4 Å². The third kappa shape index (κ3) is 5.10. The molecular weight excluding hydrogens is 484 g/mol. The average molecular weight is 511 g/mol. The second-order valence-electron chi connectivity index (χ2n) is 8.58. The third-order valence-electron chi connectivity index (χ3n) is 6.20. The number of H-pyrrole nitrogens is 1. The number of esters is 1. The van der Waals surface area contributed by atoms with Gasteiger partial charge in [0.25, 0.3) is 5.91 Å². The van der Waals surface area contributed by atoms with Gasteiger partial charge in [-0.15, -0.1) is 5.10 Å². The van der Waals surface area contributed by atoms with Crippen LogP contribution in [0.5, 0.6) is 0 Å². The zero-order valence-corrected chi connectivity index (χ0v) is 21.0. The number of amides is 1. The van der Waals surface area contributed by atoms with Crippen LogP contribution in [-0.2, 0) is 24.2 Å². The fraction of sp³-hybridized carbons (Fsp3) is 0.417. The van der Waals surface area contributed by atoms with E-state index >= 15 is 0 Å². The Labute approximate surface area is 213 Å². The standard InChI is InChI=1S/C24H27ClN8O3/c1-4-36-24(35)22-18-13-32(23(34)16-5-6-19(25)17(10-16)11-26)14(2)9-20(18)30-33(22)8-7-27-15(3)21-12-28-31-29-21/h5-6,10,12,14-15,27H,4,7-9,13H2,1-3H3,(H,28,29,31)/t14-,15?/m1/s1. The Kier molecular flexibility index (Phi) is 7.67. The van der Waals surface area contributed by atoms with Gasteiger partial charge in [-0.05, 0) is 39.0 Å². The van der Waals surface area contributed by atoms with Crippen molar-refractivity contribution in [2.45, 2.75) is 52.4 Å². The van der Waals surface area contributed by atoms with E-state index in [1.54, 1.807) is 34.8 Å². The number of nitrogens with one attached hydrogen (secondary N) is 2. The van der Waals surface area contributed by atoms with Crippen LogP contribution < -0.4 is 5.32 Å². The van der Waals surface area contributed by atoms with Gasteiger partial charge in [0.2, 0.25) is 0 Å². The summed E-state index contributed by atoms with van der Waals surface area (Å²) in [7, 11) is 0. The average Bonchev–Trinajstić information content (AvgIpc) is 3.51. The summed E-state index contributed by atoms with van der Waals surface area (Å²) in [6, 6.07) is 6.45. The van der Waals surface area contributed by atoms with E-state index in [2.05, 4.69) is 20.7 Å². The Balaban J connectivity index is 1.58. The molecule has 11 nitrogen and oxygen atoms in total. The van der Waals surface area contributed by atoms with Crippen molar-refractivity contribution in [3.05, 3.63) is 63.2 Å². The summed E-state index contributed by atoms with van der Waals surface area (Å²) in [5, 5.41) is 28.1. The summed E-state index contributed by atoms with van der Waals surface area (Å²) in [6.07, 6.45) is 2.21. The normalized spacial score (nSPS) is 15.8. The Morgan fingerprint density at radius 3 is 2.92 bits per heavy atom. The predicted octanol–water partition coefficient (Wildman–Crippen LogP) is 2.64. The summed E-state index contributed by atoms with van der Waals surface area (Å²) < 4.78 is 6.99. The van der Waals surface area contributed by atoms with E-state index in [-0.39, 0.29) is 36.7 Å². The maximum atomic E-state index is 13.4. The first-order valence-corrected chi connectivity index (χ1v) is 12.1. The molecule has 1 aliphatic rings. The fourth-order valence-electron chi connectivity index (χ4n) is 4.28. The van der Waals surface area contributed by atoms with Crippen LogP contribution in [0.2, 0.25) is 5.02 Å². The molecule has 2 N–H and O–H groups in total. The van der Waals surface area contributed by atoms with Crippen molar-refractivity contribution < 1.29 is 14.3 Å². The molecule has 1 aliphatic heterocycles. The maximum absolute atomic E-state index is 13.4. The fourth-order valence-corrected chi connectivity index (χ4v) is 4.44. The van der Waals surface area contributed by atoms with Crippen LogP contribution in [0.25, 0.3) is 0 Å². The van der Waals surface area contributed by atoms with Gasteiger partial charge in [0, 0.05) is 36.3 Å². The molecule has 3 heterocycles. The molecule has 0 spiro atoms. The van der Waals surface area contributed by atoms with E-state index in [4.69, 9.17) is 21.4 Å². The minimum absolute atomic E-state index is 0.0363. The monoisotopic (exact) mass is 510 g/mol. The van der Waals surface area contributed by atoms with E-state index in [1.807, 2.05) is 19.9 Å². The Morgan fingerprint density at radius 2 is 2.22 bits per heavy atom. The molecule has 188 valence electrons. The Hall–Kier alpha value is -3.75. The first-order valence-electron chi connectivity index (χ1n) is 11.7. The molecular formula is C24H27ClN8O3. The highest BCUT2D eigenvalue weighted by atomic mass is 35.5. The molecule has 2 aromatic heterocycles. The number of nitriles is 1. The molecule has 2 atom stereocenters. The second-order valence-corrected chi connectivity index (χ2v) is 8.99. The summed E-state index contributed by atoms with van der Waals surface area (Å²) in [4.78, 5) is 28.0. The van der Waals surface area contributed by atoms with Crippen LogP contribution in [0, 0.1) is 11.3 Å². The number of rotatable bonds is 8. The number of benzene rings is 1. The van der Waals surface area contributed by atoms with Gasteiger partial charge in [-0.3, -0.25) is 14.6 Å². The lowest BCUT2D eigenvalue weighted by molar-refractivity contribution is 0.0502. The molecule has 0 bridgehead atoms. The summed E-state index contributed by atoms with van der Waals surface area (Å²) in [5.41, 5.74) is 3.18. The summed E-state index contributed by atoms with van der Waals surface area (Å²) in [5.74, 6) is -0.719. The number of nitrogens with zero attached hydrogens (tertiary/aromatic N) is 6. The van der Waals surface area contributed by atoms with Gasteiger partial charge in [-0.1, -0.05) is 16.8 Å². The van der Waals surface area contributed by atoms with Crippen molar-refractivity contribution in [2.75, 3.05) is 13.2 Å². The van der Waals surface area contributed by atoms with Crippen molar-refractivity contribution in [2.24, 2.45) is 0 Å². The predicted molar refractivity (Wildman–Crippen MR) is 130 cm³/mol. The number of ether oxygens (including phenoxy) is 1. The number of hydrogen-bond donors (Lipinski definition) is 2. The highest BCUT2D eigenvalue weighted by Crippen LogP contribution is 2.29. The Bertz CT molecular complexity index is 1300. The highest BCUT2D eigenvalue weighted by molar-refractivity contribution is 6.31. The minimum atomic E-state index is -0.476. The van der Waals surface area contributed by atoms with Crippen LogP contribution >= 0.6 is 11.6 Å². The molecule has 0 saturated heterocycles. The molecule has 1 amide bonds. The molecule has 36 heavy (non-hydrogen) atoms. The molecule has 0 fully saturated rings. The molecule has 0 aliphatic carbocycles. The molecule has 0 saturated carbocycles. The van der Waals surface area contributed by atoms with Gasteiger partial charge in [0.15, 0.2) is 5.69 Å². The van der Waals surface area contributed by atoms with Gasteiger partial charge in [-0.2, -0.15) is 10.4 Å². The van der Waals surface area contributed by atoms with Crippen molar-refractivity contribution in [1.82, 2.24) is 35.4 Å². The van der Waals surface area contributed by atoms with E-state index in [0.29, 0.717) is 41.4 Å². The SMILES string of the molecule is CCOC(=O)c1c2c(nn1CCNC(C)c1c[nH]nn1)C[C@@H](C)N(C(=O)c1ccc(Cl)c(C#N)c1)C2. The smallest absolute Gasteiger partial charge is 0.356 e. The number of aromatic amines is 1. The van der Waals surface area contributed by atoms with Gasteiger partial charge in [-0.25, -0.2) is 4.79 Å². The lowest BCUT2D eigenvalue weighted by atomic mass is 9.98. The molecule has 1 unspecified atom stereocenters. The van der Waals surface area contributed by atoms with E-state index in [1.165, 1.54) is 6.07 Å². The molecule has 1 aromatic carbocycles. The van der Waals surface area contributed by atoms with Gasteiger partial charge in [0.1, 0.15) is 6.07 Å². The summed E-state index contributed by atoms with van der Waals surface area (Å²) >= 11 is 6.04. The third-order valence-corrected chi connectivity index (χ3v) is 6.53. The number of carbonyl (C=O) groups excluding carboxylic acids is 2. The zero-order valence-electron chi connectivity index (χ0n) is 20.3. The van der Waals surface area contributed by atoms with E-state index < -0.39 is 5.97 Å². The number of fused-ring (bicyclic) bond motifs is 1. The van der Waals surface area contributed by atoms with Crippen LogP contribution in [0.4, 0.5) is 0 Å².